The number of nitrogens with one attached hydrogen (secondary N) is 2. The van der Waals surface area contributed by atoms with Gasteiger partial charge in [0.15, 0.2) is 5.96 Å². The van der Waals surface area contributed by atoms with Gasteiger partial charge in [0.2, 0.25) is 0 Å². The van der Waals surface area contributed by atoms with E-state index < -0.39 is 0 Å². The Balaban J connectivity index is 1.61. The molecule has 0 saturated carbocycles. The van der Waals surface area contributed by atoms with E-state index in [9.17, 15) is 0 Å². The predicted molar refractivity (Wildman–Crippen MR) is 104 cm³/mol. The Morgan fingerprint density at radius 1 is 1.08 bits per heavy atom. The largest absolute Gasteiger partial charge is 0.356 e. The van der Waals surface area contributed by atoms with Crippen LogP contribution in [0.5, 0.6) is 0 Å². The van der Waals surface area contributed by atoms with Gasteiger partial charge in [-0.3, -0.25) is 4.99 Å². The van der Waals surface area contributed by atoms with E-state index in [4.69, 9.17) is 0 Å². The van der Waals surface area contributed by atoms with Crippen molar-refractivity contribution < 1.29 is 0 Å². The molecule has 2 fully saturated rings. The summed E-state index contributed by atoms with van der Waals surface area (Å²) in [6, 6.07) is 1.24. The molecule has 2 aliphatic rings. The lowest BCUT2D eigenvalue weighted by Crippen LogP contribution is -2.50. The quantitative estimate of drug-likeness (QED) is 0.576. The second-order valence-corrected chi connectivity index (χ2v) is 7.71. The first-order valence-corrected chi connectivity index (χ1v) is 10.1. The fourth-order valence-electron chi connectivity index (χ4n) is 3.93. The number of guanidine groups is 1. The third-order valence-electron chi connectivity index (χ3n) is 5.82. The molecule has 0 aromatic heterocycles. The highest BCUT2D eigenvalue weighted by Crippen LogP contribution is 2.19. The van der Waals surface area contributed by atoms with Gasteiger partial charge in [0.1, 0.15) is 0 Å². The number of rotatable bonds is 6. The fourth-order valence-corrected chi connectivity index (χ4v) is 3.93. The molecule has 0 aromatic carbocycles. The molecule has 0 unspecified atom stereocenters. The molecule has 0 atom stereocenters. The van der Waals surface area contributed by atoms with Crippen LogP contribution in [0.15, 0.2) is 4.99 Å². The molecule has 2 heterocycles. The first-order chi connectivity index (χ1) is 11.6. The molecule has 2 N–H and O–H groups in total. The molecule has 0 aliphatic carbocycles. The Bertz CT molecular complexity index is 366. The average molecular weight is 338 g/mol. The van der Waals surface area contributed by atoms with Crippen molar-refractivity contribution in [1.29, 1.82) is 0 Å². The standard InChI is InChI=1S/C19H39N5/c1-5-23-12-7-17(8-13-23)6-11-21-19(20-4)22-18-9-14-24(15-10-18)16(2)3/h16-18H,5-15H2,1-4H3,(H2,20,21,22). The maximum atomic E-state index is 4.42. The molecule has 0 spiro atoms. The highest BCUT2D eigenvalue weighted by molar-refractivity contribution is 5.79. The van der Waals surface area contributed by atoms with Crippen molar-refractivity contribution in [3.8, 4) is 0 Å². The first-order valence-electron chi connectivity index (χ1n) is 10.1. The molecule has 0 bridgehead atoms. The van der Waals surface area contributed by atoms with E-state index in [-0.39, 0.29) is 0 Å². The summed E-state index contributed by atoms with van der Waals surface area (Å²) in [5, 5.41) is 7.16. The highest BCUT2D eigenvalue weighted by atomic mass is 15.2. The number of piperidine rings is 2. The summed E-state index contributed by atoms with van der Waals surface area (Å²) in [4.78, 5) is 9.55. The van der Waals surface area contributed by atoms with Crippen LogP contribution in [0.25, 0.3) is 0 Å². The molecular weight excluding hydrogens is 298 g/mol. The van der Waals surface area contributed by atoms with Gasteiger partial charge in [-0.05, 0) is 71.5 Å². The van der Waals surface area contributed by atoms with Crippen LogP contribution in [-0.4, -0.2) is 74.2 Å². The molecule has 0 amide bonds. The van der Waals surface area contributed by atoms with Gasteiger partial charge in [0, 0.05) is 38.8 Å². The van der Waals surface area contributed by atoms with Crippen molar-refractivity contribution >= 4 is 5.96 Å². The molecule has 2 aliphatic heterocycles. The van der Waals surface area contributed by atoms with Gasteiger partial charge in [-0.2, -0.15) is 0 Å². The van der Waals surface area contributed by atoms with Crippen molar-refractivity contribution in [1.82, 2.24) is 20.4 Å². The van der Waals surface area contributed by atoms with Crippen LogP contribution in [0.2, 0.25) is 0 Å². The predicted octanol–water partition coefficient (Wildman–Crippen LogP) is 2.15. The molecule has 0 aromatic rings. The van der Waals surface area contributed by atoms with E-state index in [0.29, 0.717) is 12.1 Å². The second-order valence-electron chi connectivity index (χ2n) is 7.71. The number of likely N-dealkylation sites (tertiary alicyclic amines) is 2. The van der Waals surface area contributed by atoms with Crippen molar-refractivity contribution in [2.75, 3.05) is 46.3 Å². The van der Waals surface area contributed by atoms with Crippen molar-refractivity contribution in [2.24, 2.45) is 10.9 Å². The molecule has 5 heteroatoms. The summed E-state index contributed by atoms with van der Waals surface area (Å²) in [5.41, 5.74) is 0. The van der Waals surface area contributed by atoms with Crippen molar-refractivity contribution in [3.63, 3.8) is 0 Å². The van der Waals surface area contributed by atoms with E-state index in [0.717, 1.165) is 18.4 Å². The van der Waals surface area contributed by atoms with Crippen molar-refractivity contribution in [2.45, 2.75) is 65.0 Å². The third kappa shape index (κ3) is 6.25. The topological polar surface area (TPSA) is 42.9 Å². The minimum atomic E-state index is 0.569. The number of hydrogen-bond acceptors (Lipinski definition) is 3. The number of aliphatic imine (C=N–C) groups is 1. The van der Waals surface area contributed by atoms with E-state index in [1.807, 2.05) is 7.05 Å². The molecule has 0 radical (unpaired) electrons. The van der Waals surface area contributed by atoms with Crippen LogP contribution in [0.4, 0.5) is 0 Å². The van der Waals surface area contributed by atoms with Crippen LogP contribution < -0.4 is 10.6 Å². The summed E-state index contributed by atoms with van der Waals surface area (Å²) in [6.45, 7) is 14.1. The van der Waals surface area contributed by atoms with Crippen LogP contribution >= 0.6 is 0 Å². The van der Waals surface area contributed by atoms with E-state index in [1.165, 1.54) is 64.8 Å². The Morgan fingerprint density at radius 2 is 1.75 bits per heavy atom. The molecular formula is C19H39N5. The average Bonchev–Trinajstić information content (AvgIpc) is 2.61. The Labute approximate surface area is 149 Å². The van der Waals surface area contributed by atoms with Gasteiger partial charge in [-0.1, -0.05) is 6.92 Å². The summed E-state index contributed by atoms with van der Waals surface area (Å²) < 4.78 is 0. The lowest BCUT2D eigenvalue weighted by Gasteiger charge is -2.35. The first kappa shape index (κ1) is 19.5. The number of nitrogens with zero attached hydrogens (tertiary/aromatic N) is 3. The minimum absolute atomic E-state index is 0.569. The van der Waals surface area contributed by atoms with Gasteiger partial charge >= 0.3 is 0 Å². The summed E-state index contributed by atoms with van der Waals surface area (Å²) in [7, 11) is 1.89. The Kier molecular flexibility index (Phi) is 8.33. The molecule has 24 heavy (non-hydrogen) atoms. The van der Waals surface area contributed by atoms with Gasteiger partial charge in [0.05, 0.1) is 0 Å². The zero-order valence-corrected chi connectivity index (χ0v) is 16.4. The third-order valence-corrected chi connectivity index (χ3v) is 5.82. The maximum Gasteiger partial charge on any atom is 0.191 e. The van der Waals surface area contributed by atoms with E-state index >= 15 is 0 Å². The molecule has 2 saturated heterocycles. The zero-order chi connectivity index (χ0) is 17.4. The van der Waals surface area contributed by atoms with Crippen molar-refractivity contribution in [3.05, 3.63) is 0 Å². The summed E-state index contributed by atoms with van der Waals surface area (Å²) in [5.74, 6) is 1.87. The summed E-state index contributed by atoms with van der Waals surface area (Å²) >= 11 is 0. The monoisotopic (exact) mass is 337 g/mol. The zero-order valence-electron chi connectivity index (χ0n) is 16.4. The molecule has 5 nitrogen and oxygen atoms in total. The van der Waals surface area contributed by atoms with Gasteiger partial charge in [-0.25, -0.2) is 0 Å². The SMILES string of the molecule is CCN1CCC(CCNC(=NC)NC2CCN(C(C)C)CC2)CC1. The lowest BCUT2D eigenvalue weighted by molar-refractivity contribution is 0.167. The summed E-state index contributed by atoms with van der Waals surface area (Å²) in [6.07, 6.45) is 6.41. The van der Waals surface area contributed by atoms with E-state index in [2.05, 4.69) is 46.2 Å². The maximum absolute atomic E-state index is 4.42. The fraction of sp³-hybridized carbons (Fsp3) is 0.947. The minimum Gasteiger partial charge on any atom is -0.356 e. The lowest BCUT2D eigenvalue weighted by atomic mass is 9.93. The van der Waals surface area contributed by atoms with Crippen LogP contribution in [0.3, 0.4) is 0 Å². The number of hydrogen-bond donors (Lipinski definition) is 2. The van der Waals surface area contributed by atoms with Gasteiger partial charge < -0.3 is 20.4 Å². The normalized spacial score (nSPS) is 23.0. The smallest absolute Gasteiger partial charge is 0.191 e. The van der Waals surface area contributed by atoms with E-state index in [1.54, 1.807) is 0 Å². The van der Waals surface area contributed by atoms with Crippen LogP contribution in [-0.2, 0) is 0 Å². The van der Waals surface area contributed by atoms with Crippen LogP contribution in [0, 0.1) is 5.92 Å². The second kappa shape index (κ2) is 10.2. The Hall–Kier alpha value is -0.810. The molecule has 2 rings (SSSR count). The van der Waals surface area contributed by atoms with Crippen LogP contribution in [0.1, 0.15) is 52.9 Å². The Morgan fingerprint density at radius 3 is 2.29 bits per heavy atom. The van der Waals surface area contributed by atoms with Gasteiger partial charge in [-0.15, -0.1) is 0 Å². The molecule has 140 valence electrons. The highest BCUT2D eigenvalue weighted by Gasteiger charge is 2.22. The van der Waals surface area contributed by atoms with Gasteiger partial charge in [0.25, 0.3) is 0 Å².